The van der Waals surface area contributed by atoms with Crippen LogP contribution in [0.25, 0.3) is 0 Å². The number of nitrogens with one attached hydrogen (secondary N) is 1. The Labute approximate surface area is 115 Å². The number of nitrogens with zero attached hydrogens (tertiary/aromatic N) is 2. The van der Waals surface area contributed by atoms with Crippen LogP contribution in [-0.4, -0.2) is 34.9 Å². The van der Waals surface area contributed by atoms with Gasteiger partial charge in [-0.15, -0.1) is 10.2 Å². The van der Waals surface area contributed by atoms with Crippen molar-refractivity contribution in [1.82, 2.24) is 15.5 Å². The van der Waals surface area contributed by atoms with Gasteiger partial charge in [-0.2, -0.15) is 0 Å². The van der Waals surface area contributed by atoms with E-state index in [9.17, 15) is 4.79 Å². The Morgan fingerprint density at radius 2 is 2.06 bits per heavy atom. The van der Waals surface area contributed by atoms with Gasteiger partial charge in [0.15, 0.2) is 10.3 Å². The van der Waals surface area contributed by atoms with Gasteiger partial charge in [-0.1, -0.05) is 23.2 Å². The minimum absolute atomic E-state index is 0.0487. The van der Waals surface area contributed by atoms with E-state index in [0.717, 1.165) is 12.8 Å². The fourth-order valence-electron chi connectivity index (χ4n) is 1.80. The Bertz CT molecular complexity index is 462. The molecule has 1 fully saturated rings. The molecule has 98 valence electrons. The highest BCUT2D eigenvalue weighted by molar-refractivity contribution is 6.34. The zero-order valence-electron chi connectivity index (χ0n) is 9.87. The van der Waals surface area contributed by atoms with Crippen molar-refractivity contribution < 1.29 is 9.53 Å². The molecule has 0 radical (unpaired) electrons. The highest BCUT2D eigenvalue weighted by atomic mass is 35.5. The predicted molar refractivity (Wildman–Crippen MR) is 68.0 cm³/mol. The summed E-state index contributed by atoms with van der Waals surface area (Å²) in [7, 11) is 0. The van der Waals surface area contributed by atoms with E-state index in [1.54, 1.807) is 0 Å². The van der Waals surface area contributed by atoms with Gasteiger partial charge in [0.2, 0.25) is 0 Å². The quantitative estimate of drug-likeness (QED) is 0.905. The molecule has 7 heteroatoms. The molecule has 1 saturated heterocycles. The zero-order chi connectivity index (χ0) is 13.2. The average Bonchev–Trinajstić information content (AvgIpc) is 2.32. The molecule has 5 nitrogen and oxygen atoms in total. The summed E-state index contributed by atoms with van der Waals surface area (Å²) in [5.74, 6) is -0.291. The van der Waals surface area contributed by atoms with Crippen LogP contribution in [0.2, 0.25) is 10.3 Å². The Balaban J connectivity index is 2.14. The van der Waals surface area contributed by atoms with Crippen molar-refractivity contribution in [2.45, 2.75) is 25.3 Å². The highest BCUT2D eigenvalue weighted by Crippen LogP contribution is 2.22. The number of amides is 1. The first-order valence-corrected chi connectivity index (χ1v) is 6.35. The molecule has 0 saturated carbocycles. The minimum atomic E-state index is -0.291. The summed E-state index contributed by atoms with van der Waals surface area (Å²) in [6.45, 7) is 3.26. The van der Waals surface area contributed by atoms with Gasteiger partial charge in [-0.25, -0.2) is 0 Å². The molecule has 0 aromatic carbocycles. The van der Waals surface area contributed by atoms with Crippen LogP contribution < -0.4 is 5.32 Å². The van der Waals surface area contributed by atoms with Crippen molar-refractivity contribution in [3.63, 3.8) is 0 Å². The third kappa shape index (κ3) is 3.10. The molecule has 0 unspecified atom stereocenters. The third-order valence-electron chi connectivity index (χ3n) is 2.98. The Kier molecular flexibility index (Phi) is 4.04. The van der Waals surface area contributed by atoms with E-state index < -0.39 is 0 Å². The lowest BCUT2D eigenvalue weighted by Gasteiger charge is -2.34. The minimum Gasteiger partial charge on any atom is -0.381 e. The van der Waals surface area contributed by atoms with E-state index in [2.05, 4.69) is 15.5 Å². The van der Waals surface area contributed by atoms with Gasteiger partial charge < -0.3 is 10.1 Å². The second-order valence-electron chi connectivity index (χ2n) is 4.50. The van der Waals surface area contributed by atoms with Crippen molar-refractivity contribution in [3.8, 4) is 0 Å². The van der Waals surface area contributed by atoms with E-state index in [1.807, 2.05) is 6.92 Å². The molecule has 1 aliphatic rings. The summed E-state index contributed by atoms with van der Waals surface area (Å²) >= 11 is 11.5. The van der Waals surface area contributed by atoms with Crippen molar-refractivity contribution in [3.05, 3.63) is 21.9 Å². The summed E-state index contributed by atoms with van der Waals surface area (Å²) in [4.78, 5) is 12.1. The molecule has 1 amide bonds. The molecule has 1 aromatic heterocycles. The van der Waals surface area contributed by atoms with Crippen LogP contribution in [0, 0.1) is 0 Å². The number of ether oxygens (including phenoxy) is 1. The van der Waals surface area contributed by atoms with E-state index >= 15 is 0 Å². The molecule has 1 aromatic rings. The second-order valence-corrected chi connectivity index (χ2v) is 5.24. The van der Waals surface area contributed by atoms with Crippen molar-refractivity contribution in [1.29, 1.82) is 0 Å². The number of carbonyl (C=O) groups is 1. The van der Waals surface area contributed by atoms with Crippen molar-refractivity contribution in [2.75, 3.05) is 13.2 Å². The van der Waals surface area contributed by atoms with E-state index in [-0.39, 0.29) is 27.3 Å². The summed E-state index contributed by atoms with van der Waals surface area (Å²) in [6.07, 6.45) is 1.53. The predicted octanol–water partition coefficient (Wildman–Crippen LogP) is 2.08. The number of aromatic nitrogens is 2. The SMILES string of the molecule is CC1(NC(=O)c2cc(Cl)nnc2Cl)CCOCC1. The monoisotopic (exact) mass is 289 g/mol. The van der Waals surface area contributed by atoms with Crippen molar-refractivity contribution >= 4 is 29.1 Å². The molecule has 0 atom stereocenters. The maximum Gasteiger partial charge on any atom is 0.255 e. The summed E-state index contributed by atoms with van der Waals surface area (Å²) in [5, 5.41) is 10.3. The lowest BCUT2D eigenvalue weighted by atomic mass is 9.92. The van der Waals surface area contributed by atoms with Crippen LogP contribution in [0.15, 0.2) is 6.07 Å². The van der Waals surface area contributed by atoms with Gasteiger partial charge in [0.05, 0.1) is 5.56 Å². The third-order valence-corrected chi connectivity index (χ3v) is 3.44. The lowest BCUT2D eigenvalue weighted by molar-refractivity contribution is 0.0423. The molecule has 2 heterocycles. The van der Waals surface area contributed by atoms with E-state index in [4.69, 9.17) is 27.9 Å². The number of hydrogen-bond acceptors (Lipinski definition) is 4. The van der Waals surface area contributed by atoms with Crippen molar-refractivity contribution in [2.24, 2.45) is 0 Å². The van der Waals surface area contributed by atoms with E-state index in [1.165, 1.54) is 6.07 Å². The van der Waals surface area contributed by atoms with Gasteiger partial charge in [0, 0.05) is 18.8 Å². The molecular formula is C11H13Cl2N3O2. The van der Waals surface area contributed by atoms with Crippen LogP contribution in [0.4, 0.5) is 0 Å². The largest absolute Gasteiger partial charge is 0.381 e. The first kappa shape index (κ1) is 13.5. The molecule has 2 rings (SSSR count). The first-order chi connectivity index (χ1) is 8.50. The fraction of sp³-hybridized carbons (Fsp3) is 0.545. The van der Waals surface area contributed by atoms with Crippen LogP contribution in [-0.2, 0) is 4.74 Å². The highest BCUT2D eigenvalue weighted by Gasteiger charge is 2.30. The maximum atomic E-state index is 12.1. The van der Waals surface area contributed by atoms with Crippen LogP contribution in [0.1, 0.15) is 30.1 Å². The van der Waals surface area contributed by atoms with Crippen LogP contribution in [0.3, 0.4) is 0 Å². The summed E-state index contributed by atoms with van der Waals surface area (Å²) < 4.78 is 5.27. The molecule has 1 aliphatic heterocycles. The molecule has 0 aliphatic carbocycles. The molecule has 0 spiro atoms. The van der Waals surface area contributed by atoms with Crippen LogP contribution in [0.5, 0.6) is 0 Å². The van der Waals surface area contributed by atoms with Gasteiger partial charge in [-0.05, 0) is 25.8 Å². The Morgan fingerprint density at radius 1 is 1.39 bits per heavy atom. The molecular weight excluding hydrogens is 277 g/mol. The number of hydrogen-bond donors (Lipinski definition) is 1. The topological polar surface area (TPSA) is 64.1 Å². The number of halogens is 2. The molecule has 0 bridgehead atoms. The maximum absolute atomic E-state index is 12.1. The Hall–Kier alpha value is -0.910. The smallest absolute Gasteiger partial charge is 0.255 e. The second kappa shape index (κ2) is 5.38. The fourth-order valence-corrected chi connectivity index (χ4v) is 2.13. The number of rotatable bonds is 2. The average molecular weight is 290 g/mol. The van der Waals surface area contributed by atoms with E-state index in [0.29, 0.717) is 13.2 Å². The molecule has 18 heavy (non-hydrogen) atoms. The number of carbonyl (C=O) groups excluding carboxylic acids is 1. The normalized spacial score (nSPS) is 18.4. The van der Waals surface area contributed by atoms with Gasteiger partial charge in [-0.3, -0.25) is 4.79 Å². The van der Waals surface area contributed by atoms with Gasteiger partial charge >= 0.3 is 0 Å². The standard InChI is InChI=1S/C11H13Cl2N3O2/c1-11(2-4-18-5-3-11)14-10(17)7-6-8(12)15-16-9(7)13/h6H,2-5H2,1H3,(H,14,17). The van der Waals surface area contributed by atoms with Gasteiger partial charge in [0.1, 0.15) is 0 Å². The van der Waals surface area contributed by atoms with Crippen LogP contribution >= 0.6 is 23.2 Å². The first-order valence-electron chi connectivity index (χ1n) is 5.59. The lowest BCUT2D eigenvalue weighted by Crippen LogP contribution is -2.49. The molecule has 1 N–H and O–H groups in total. The summed E-state index contributed by atoms with van der Waals surface area (Å²) in [6, 6.07) is 1.41. The Morgan fingerprint density at radius 3 is 2.72 bits per heavy atom. The zero-order valence-corrected chi connectivity index (χ0v) is 11.4. The summed E-state index contributed by atoms with van der Waals surface area (Å²) in [5.41, 5.74) is -0.0432. The van der Waals surface area contributed by atoms with Gasteiger partial charge in [0.25, 0.3) is 5.91 Å².